The quantitative estimate of drug-likeness (QED) is 0.166. The average Bonchev–Trinajstić information content (AvgIpc) is 3.15. The lowest BCUT2D eigenvalue weighted by Gasteiger charge is -2.48. The van der Waals surface area contributed by atoms with Crippen molar-refractivity contribution in [1.82, 2.24) is 0 Å². The van der Waals surface area contributed by atoms with E-state index in [0.717, 1.165) is 66.0 Å². The molecule has 2 heterocycles. The fraction of sp³-hybridized carbons (Fsp3) is 0.143. The zero-order valence-corrected chi connectivity index (χ0v) is 33.1. The molecule has 54 heavy (non-hydrogen) atoms. The van der Waals surface area contributed by atoms with Gasteiger partial charge in [-0.15, -0.1) is 0 Å². The molecule has 0 aliphatic carbocycles. The van der Waals surface area contributed by atoms with Gasteiger partial charge in [-0.1, -0.05) is 143 Å². The maximum Gasteiger partial charge on any atom is 0.414 e. The maximum absolute atomic E-state index is 15.2. The Kier molecular flexibility index (Phi) is 9.31. The minimum Gasteiger partial charge on any atom is -0.455 e. The van der Waals surface area contributed by atoms with Crippen LogP contribution in [0.1, 0.15) is 55.6 Å². The molecule has 0 amide bonds. The molecule has 9 rings (SSSR count). The molecule has 0 radical (unpaired) electrons. The van der Waals surface area contributed by atoms with Gasteiger partial charge < -0.3 is 14.0 Å². The van der Waals surface area contributed by atoms with Crippen LogP contribution in [-0.4, -0.2) is 6.99 Å². The number of rotatable bonds is 3. The van der Waals surface area contributed by atoms with Crippen LogP contribution in [-0.2, 0) is 5.41 Å². The number of aryl methyl sites for hydroxylation is 6. The summed E-state index contributed by atoms with van der Waals surface area (Å²) in [7, 11) is 0. The lowest BCUT2D eigenvalue weighted by molar-refractivity contribution is 0.431. The van der Waals surface area contributed by atoms with Crippen molar-refractivity contribution >= 4 is 50.9 Å². The van der Waals surface area contributed by atoms with E-state index in [4.69, 9.17) is 4.74 Å². The number of benzene rings is 7. The molecular formula is C49H42BBrFNO. The predicted octanol–water partition coefficient (Wildman–Crippen LogP) is 12.3. The standard InChI is InChI=1S/C31H20BrNO.C18H22BF/c32-26-17-10-16-25-30(26)34-29-20-9-6-15-24(29)31(25)22-13-4-7-18-27(22)33(21-11-2-1-3-12-21)28-19-8-5-14-23(28)31;1-11-7-13(3)17(14(4)8-11)19(20)18-15(5)9-12(2)10-16(18)6/h1-20H;7-10H,1-6H3. The summed E-state index contributed by atoms with van der Waals surface area (Å²) >= 11 is 3.78. The second-order valence-corrected chi connectivity index (χ2v) is 15.5. The van der Waals surface area contributed by atoms with Crippen molar-refractivity contribution in [2.24, 2.45) is 0 Å². The molecule has 0 saturated heterocycles. The zero-order valence-electron chi connectivity index (χ0n) is 31.5. The third-order valence-electron chi connectivity index (χ3n) is 11.0. The number of hydrogen-bond acceptors (Lipinski definition) is 2. The first-order valence-electron chi connectivity index (χ1n) is 18.5. The Morgan fingerprint density at radius 3 is 1.50 bits per heavy atom. The molecule has 2 aliphatic heterocycles. The second kappa shape index (κ2) is 14.1. The van der Waals surface area contributed by atoms with Crippen LogP contribution in [0.25, 0.3) is 0 Å². The summed E-state index contributed by atoms with van der Waals surface area (Å²) in [6.45, 7) is 11.1. The summed E-state index contributed by atoms with van der Waals surface area (Å²) < 4.78 is 22.6. The van der Waals surface area contributed by atoms with E-state index in [1.807, 2.05) is 33.8 Å². The highest BCUT2D eigenvalue weighted by Gasteiger charge is 2.51. The Bertz CT molecular complexity index is 2400. The van der Waals surface area contributed by atoms with Crippen molar-refractivity contribution in [3.63, 3.8) is 0 Å². The van der Waals surface area contributed by atoms with Crippen LogP contribution in [0.5, 0.6) is 11.5 Å². The maximum atomic E-state index is 15.2. The van der Waals surface area contributed by atoms with Crippen LogP contribution in [0.15, 0.2) is 150 Å². The van der Waals surface area contributed by atoms with E-state index in [1.54, 1.807) is 0 Å². The first-order chi connectivity index (χ1) is 26.1. The van der Waals surface area contributed by atoms with Crippen molar-refractivity contribution < 1.29 is 9.05 Å². The van der Waals surface area contributed by atoms with Gasteiger partial charge in [0, 0.05) is 16.8 Å². The van der Waals surface area contributed by atoms with Gasteiger partial charge in [0.1, 0.15) is 11.5 Å². The van der Waals surface area contributed by atoms with E-state index in [1.165, 1.54) is 33.6 Å². The zero-order chi connectivity index (χ0) is 37.7. The van der Waals surface area contributed by atoms with Gasteiger partial charge in [0.25, 0.3) is 0 Å². The van der Waals surface area contributed by atoms with Gasteiger partial charge in [0.05, 0.1) is 21.3 Å². The number of hydrogen-bond donors (Lipinski definition) is 0. The Labute approximate surface area is 327 Å². The molecule has 0 saturated carbocycles. The average molecular weight is 771 g/mol. The third-order valence-corrected chi connectivity index (χ3v) is 11.6. The molecular weight excluding hydrogens is 728 g/mol. The predicted molar refractivity (Wildman–Crippen MR) is 228 cm³/mol. The number of ether oxygens (including phenoxy) is 1. The van der Waals surface area contributed by atoms with Gasteiger partial charge in [-0.2, -0.15) is 0 Å². The molecule has 0 fully saturated rings. The molecule has 0 atom stereocenters. The molecule has 0 N–H and O–H groups in total. The van der Waals surface area contributed by atoms with Crippen molar-refractivity contribution in [2.75, 3.05) is 4.90 Å². The summed E-state index contributed by atoms with van der Waals surface area (Å²) in [5, 5.41) is 0. The number of para-hydroxylation sites is 5. The fourth-order valence-corrected chi connectivity index (χ4v) is 9.48. The molecule has 2 nitrogen and oxygen atoms in total. The normalized spacial score (nSPS) is 13.1. The Morgan fingerprint density at radius 1 is 0.519 bits per heavy atom. The van der Waals surface area contributed by atoms with Crippen molar-refractivity contribution in [3.8, 4) is 11.5 Å². The second-order valence-electron chi connectivity index (χ2n) is 14.7. The van der Waals surface area contributed by atoms with E-state index >= 15 is 4.32 Å². The van der Waals surface area contributed by atoms with Gasteiger partial charge in [-0.05, 0) is 116 Å². The van der Waals surface area contributed by atoms with E-state index < -0.39 is 12.4 Å². The molecule has 2 aliphatic rings. The summed E-state index contributed by atoms with van der Waals surface area (Å²) in [4.78, 5) is 2.38. The topological polar surface area (TPSA) is 12.5 Å². The molecule has 0 aromatic heterocycles. The molecule has 1 spiro atoms. The Balaban J connectivity index is 0.000000177. The van der Waals surface area contributed by atoms with Crippen LogP contribution in [0.4, 0.5) is 21.4 Å². The summed E-state index contributed by atoms with van der Waals surface area (Å²) in [6, 6.07) is 51.2. The van der Waals surface area contributed by atoms with Gasteiger partial charge in [-0.25, -0.2) is 0 Å². The lowest BCUT2D eigenvalue weighted by atomic mass is 9.53. The molecule has 0 unspecified atom stereocenters. The first kappa shape index (κ1) is 35.6. The van der Waals surface area contributed by atoms with Crippen molar-refractivity contribution in [2.45, 2.75) is 47.0 Å². The van der Waals surface area contributed by atoms with Gasteiger partial charge in [-0.3, -0.25) is 0 Å². The fourth-order valence-electron chi connectivity index (χ4n) is 9.04. The molecule has 7 aromatic rings. The molecule has 7 aromatic carbocycles. The van der Waals surface area contributed by atoms with Crippen LogP contribution >= 0.6 is 15.9 Å². The molecule has 266 valence electrons. The highest BCUT2D eigenvalue weighted by molar-refractivity contribution is 9.10. The number of anilines is 3. The minimum absolute atomic E-state index is 0.508. The van der Waals surface area contributed by atoms with Crippen LogP contribution in [0.2, 0.25) is 0 Å². The summed E-state index contributed by atoms with van der Waals surface area (Å²) in [5.74, 6) is 1.76. The number of fused-ring (bicyclic) bond motifs is 8. The number of nitrogens with zero attached hydrogens (tertiary/aromatic N) is 1. The monoisotopic (exact) mass is 769 g/mol. The third kappa shape index (κ3) is 5.77. The molecule has 0 bridgehead atoms. The largest absolute Gasteiger partial charge is 0.455 e. The van der Waals surface area contributed by atoms with Crippen molar-refractivity contribution in [1.29, 1.82) is 0 Å². The SMILES string of the molecule is Brc1cccc2c1Oc1ccccc1C21c2ccccc2N(c2ccccc2)c2ccccc21.Cc1cc(C)c(B(F)c2c(C)cc(C)cc2C)c(C)c1. The van der Waals surface area contributed by atoms with E-state index in [2.05, 4.69) is 174 Å². The van der Waals surface area contributed by atoms with Crippen molar-refractivity contribution in [3.05, 3.63) is 206 Å². The van der Waals surface area contributed by atoms with E-state index in [9.17, 15) is 0 Å². The minimum atomic E-state index is -1.05. The highest BCUT2D eigenvalue weighted by Crippen LogP contribution is 2.63. The van der Waals surface area contributed by atoms with Crippen LogP contribution in [0, 0.1) is 41.5 Å². The van der Waals surface area contributed by atoms with E-state index in [-0.39, 0.29) is 0 Å². The highest BCUT2D eigenvalue weighted by atomic mass is 79.9. The first-order valence-corrected chi connectivity index (χ1v) is 19.3. The van der Waals surface area contributed by atoms with E-state index in [0.29, 0.717) is 0 Å². The smallest absolute Gasteiger partial charge is 0.414 e. The summed E-state index contributed by atoms with van der Waals surface area (Å²) in [5.41, 5.74) is 16.0. The van der Waals surface area contributed by atoms with Gasteiger partial charge >= 0.3 is 6.99 Å². The Hall–Kier alpha value is -5.39. The number of halogens is 2. The van der Waals surface area contributed by atoms with Crippen LogP contribution < -0.4 is 20.6 Å². The van der Waals surface area contributed by atoms with Crippen LogP contribution in [0.3, 0.4) is 0 Å². The summed E-state index contributed by atoms with van der Waals surface area (Å²) in [6.07, 6.45) is 0. The lowest BCUT2D eigenvalue weighted by Crippen LogP contribution is -2.44. The Morgan fingerprint density at radius 2 is 0.963 bits per heavy atom. The van der Waals surface area contributed by atoms with Gasteiger partial charge in [0.15, 0.2) is 0 Å². The van der Waals surface area contributed by atoms with Gasteiger partial charge in [0.2, 0.25) is 0 Å². The molecule has 5 heteroatoms.